The van der Waals surface area contributed by atoms with Gasteiger partial charge in [0.05, 0.1) is 0 Å². The molecule has 1 aliphatic heterocycles. The minimum absolute atomic E-state index is 0.535. The van der Waals surface area contributed by atoms with Gasteiger partial charge in [-0.1, -0.05) is 18.2 Å². The van der Waals surface area contributed by atoms with Crippen LogP contribution in [-0.4, -0.2) is 44.2 Å². The predicted molar refractivity (Wildman–Crippen MR) is 82.5 cm³/mol. The van der Waals surface area contributed by atoms with E-state index >= 15 is 0 Å². The van der Waals surface area contributed by atoms with E-state index in [9.17, 15) is 0 Å². The molecule has 0 bridgehead atoms. The van der Waals surface area contributed by atoms with Crippen LogP contribution in [0.2, 0.25) is 0 Å². The number of benzene rings is 1. The molecule has 0 aliphatic carbocycles. The number of para-hydroxylation sites is 1. The molecule has 1 heterocycles. The molecule has 106 valence electrons. The molecule has 0 spiro atoms. The fraction of sp³-hybridized carbons (Fsp3) is 0.625. The number of rotatable bonds is 5. The lowest BCUT2D eigenvalue weighted by Gasteiger charge is -2.37. The van der Waals surface area contributed by atoms with Crippen LogP contribution < -0.4 is 10.6 Å². The van der Waals surface area contributed by atoms with Crippen LogP contribution in [0.1, 0.15) is 19.8 Å². The SMILES string of the molecule is CC(CN)N1CCC(CN(C)c2ccccc2)CC1. The third kappa shape index (κ3) is 3.95. The maximum atomic E-state index is 5.74. The van der Waals surface area contributed by atoms with Crippen LogP contribution >= 0.6 is 0 Å². The molecule has 3 heteroatoms. The van der Waals surface area contributed by atoms with Crippen molar-refractivity contribution in [3.05, 3.63) is 30.3 Å². The van der Waals surface area contributed by atoms with Crippen molar-refractivity contribution in [3.8, 4) is 0 Å². The lowest BCUT2D eigenvalue weighted by atomic mass is 9.95. The molecule has 1 unspecified atom stereocenters. The van der Waals surface area contributed by atoms with Gasteiger partial charge < -0.3 is 10.6 Å². The van der Waals surface area contributed by atoms with Gasteiger partial charge in [0, 0.05) is 31.9 Å². The maximum absolute atomic E-state index is 5.74. The number of hydrogen-bond donors (Lipinski definition) is 1. The first-order chi connectivity index (χ1) is 9.20. The minimum Gasteiger partial charge on any atom is -0.374 e. The molecule has 2 N–H and O–H groups in total. The van der Waals surface area contributed by atoms with Gasteiger partial charge >= 0.3 is 0 Å². The van der Waals surface area contributed by atoms with E-state index in [4.69, 9.17) is 5.73 Å². The lowest BCUT2D eigenvalue weighted by Crippen LogP contribution is -2.45. The van der Waals surface area contributed by atoms with E-state index in [0.29, 0.717) is 6.04 Å². The number of piperidine rings is 1. The highest BCUT2D eigenvalue weighted by atomic mass is 15.2. The standard InChI is InChI=1S/C16H27N3/c1-14(12-17)19-10-8-15(9-11-19)13-18(2)16-6-4-3-5-7-16/h3-7,14-15H,8-13,17H2,1-2H3. The molecule has 2 rings (SSSR count). The maximum Gasteiger partial charge on any atom is 0.0363 e. The second-order valence-electron chi connectivity index (χ2n) is 5.78. The molecule has 1 aliphatic rings. The quantitative estimate of drug-likeness (QED) is 0.882. The number of anilines is 1. The molecular formula is C16H27N3. The van der Waals surface area contributed by atoms with Gasteiger partial charge in [0.15, 0.2) is 0 Å². The van der Waals surface area contributed by atoms with Crippen molar-refractivity contribution in [1.29, 1.82) is 0 Å². The Morgan fingerprint density at radius 3 is 2.47 bits per heavy atom. The van der Waals surface area contributed by atoms with E-state index in [1.807, 2.05) is 0 Å². The van der Waals surface area contributed by atoms with Crippen molar-refractivity contribution in [2.24, 2.45) is 11.7 Å². The van der Waals surface area contributed by atoms with Crippen LogP contribution in [0.3, 0.4) is 0 Å². The van der Waals surface area contributed by atoms with Crippen molar-refractivity contribution >= 4 is 5.69 Å². The van der Waals surface area contributed by atoms with E-state index < -0.39 is 0 Å². The predicted octanol–water partition coefficient (Wildman–Crippen LogP) is 2.18. The normalized spacial score (nSPS) is 19.3. The third-order valence-corrected chi connectivity index (χ3v) is 4.34. The number of likely N-dealkylation sites (tertiary alicyclic amines) is 1. The highest BCUT2D eigenvalue weighted by molar-refractivity contribution is 5.44. The van der Waals surface area contributed by atoms with E-state index in [1.54, 1.807) is 0 Å². The Morgan fingerprint density at radius 2 is 1.89 bits per heavy atom. The molecule has 0 radical (unpaired) electrons. The fourth-order valence-electron chi connectivity index (χ4n) is 2.90. The Hall–Kier alpha value is -1.06. The Kier molecular flexibility index (Phi) is 5.23. The topological polar surface area (TPSA) is 32.5 Å². The average molecular weight is 261 g/mol. The number of nitrogens with zero attached hydrogens (tertiary/aromatic N) is 2. The van der Waals surface area contributed by atoms with Crippen LogP contribution in [0.15, 0.2) is 30.3 Å². The van der Waals surface area contributed by atoms with E-state index in [0.717, 1.165) is 19.0 Å². The summed E-state index contributed by atoms with van der Waals surface area (Å²) in [7, 11) is 2.20. The van der Waals surface area contributed by atoms with Gasteiger partial charge in [-0.15, -0.1) is 0 Å². The highest BCUT2D eigenvalue weighted by Crippen LogP contribution is 2.21. The van der Waals surface area contributed by atoms with Gasteiger partial charge in [-0.2, -0.15) is 0 Å². The van der Waals surface area contributed by atoms with Crippen LogP contribution in [0.4, 0.5) is 5.69 Å². The molecule has 1 fully saturated rings. The van der Waals surface area contributed by atoms with Crippen molar-refractivity contribution in [1.82, 2.24) is 4.90 Å². The van der Waals surface area contributed by atoms with Crippen molar-refractivity contribution in [2.75, 3.05) is 38.1 Å². The summed E-state index contributed by atoms with van der Waals surface area (Å²) in [6, 6.07) is 11.2. The van der Waals surface area contributed by atoms with Crippen LogP contribution in [0.25, 0.3) is 0 Å². The fourth-order valence-corrected chi connectivity index (χ4v) is 2.90. The summed E-state index contributed by atoms with van der Waals surface area (Å²) in [5, 5.41) is 0. The van der Waals surface area contributed by atoms with Crippen LogP contribution in [-0.2, 0) is 0 Å². The first kappa shape index (κ1) is 14.4. The molecule has 1 saturated heterocycles. The molecule has 0 amide bonds. The number of nitrogens with two attached hydrogens (primary N) is 1. The summed E-state index contributed by atoms with van der Waals surface area (Å²) in [6.45, 7) is 6.57. The summed E-state index contributed by atoms with van der Waals surface area (Å²) < 4.78 is 0. The van der Waals surface area contributed by atoms with E-state index in [-0.39, 0.29) is 0 Å². The zero-order valence-electron chi connectivity index (χ0n) is 12.3. The van der Waals surface area contributed by atoms with Gasteiger partial charge in [-0.3, -0.25) is 4.90 Å². The average Bonchev–Trinajstić information content (AvgIpc) is 2.48. The van der Waals surface area contributed by atoms with E-state index in [2.05, 4.69) is 54.1 Å². The summed E-state index contributed by atoms with van der Waals surface area (Å²) in [6.07, 6.45) is 2.59. The van der Waals surface area contributed by atoms with Crippen molar-refractivity contribution in [2.45, 2.75) is 25.8 Å². The zero-order chi connectivity index (χ0) is 13.7. The van der Waals surface area contributed by atoms with Crippen LogP contribution in [0.5, 0.6) is 0 Å². The first-order valence-corrected chi connectivity index (χ1v) is 7.41. The largest absolute Gasteiger partial charge is 0.374 e. The zero-order valence-corrected chi connectivity index (χ0v) is 12.3. The second-order valence-corrected chi connectivity index (χ2v) is 5.78. The Morgan fingerprint density at radius 1 is 1.26 bits per heavy atom. The summed E-state index contributed by atoms with van der Waals surface area (Å²) in [5.74, 6) is 0.812. The molecule has 0 saturated carbocycles. The van der Waals surface area contributed by atoms with Gasteiger partial charge in [0.25, 0.3) is 0 Å². The number of hydrogen-bond acceptors (Lipinski definition) is 3. The Bertz CT molecular complexity index is 358. The molecule has 1 atom stereocenters. The van der Waals surface area contributed by atoms with Gasteiger partial charge in [0.2, 0.25) is 0 Å². The second kappa shape index (κ2) is 6.92. The highest BCUT2D eigenvalue weighted by Gasteiger charge is 2.22. The van der Waals surface area contributed by atoms with Gasteiger partial charge in [-0.25, -0.2) is 0 Å². The monoisotopic (exact) mass is 261 g/mol. The van der Waals surface area contributed by atoms with Gasteiger partial charge in [-0.05, 0) is 50.9 Å². The summed E-state index contributed by atoms with van der Waals surface area (Å²) in [4.78, 5) is 4.91. The van der Waals surface area contributed by atoms with Crippen molar-refractivity contribution < 1.29 is 0 Å². The smallest absolute Gasteiger partial charge is 0.0363 e. The molecule has 3 nitrogen and oxygen atoms in total. The Balaban J connectivity index is 1.79. The Labute approximate surface area is 117 Å². The minimum atomic E-state index is 0.535. The van der Waals surface area contributed by atoms with Gasteiger partial charge in [0.1, 0.15) is 0 Å². The first-order valence-electron chi connectivity index (χ1n) is 7.41. The van der Waals surface area contributed by atoms with Crippen molar-refractivity contribution in [3.63, 3.8) is 0 Å². The molecule has 0 aromatic heterocycles. The molecule has 19 heavy (non-hydrogen) atoms. The summed E-state index contributed by atoms with van der Waals surface area (Å²) in [5.41, 5.74) is 7.06. The van der Waals surface area contributed by atoms with E-state index in [1.165, 1.54) is 31.6 Å². The molecule has 1 aromatic carbocycles. The molecular weight excluding hydrogens is 234 g/mol. The lowest BCUT2D eigenvalue weighted by molar-refractivity contribution is 0.146. The van der Waals surface area contributed by atoms with Crippen LogP contribution in [0, 0.1) is 5.92 Å². The summed E-state index contributed by atoms with van der Waals surface area (Å²) >= 11 is 0. The third-order valence-electron chi connectivity index (χ3n) is 4.34. The molecule has 1 aromatic rings.